The second kappa shape index (κ2) is 7.12. The lowest BCUT2D eigenvalue weighted by molar-refractivity contribution is 0.174. The van der Waals surface area contributed by atoms with Gasteiger partial charge >= 0.3 is 0 Å². The summed E-state index contributed by atoms with van der Waals surface area (Å²) in [5.74, 6) is 1.24. The van der Waals surface area contributed by atoms with Crippen LogP contribution in [0.25, 0.3) is 10.9 Å². The number of aryl methyl sites for hydroxylation is 1. The second-order valence-corrected chi connectivity index (χ2v) is 7.86. The number of hydrogen-bond donors (Lipinski definition) is 0. The Hall–Kier alpha value is -2.99. The summed E-state index contributed by atoms with van der Waals surface area (Å²) in [4.78, 5) is 0. The molecule has 6 heteroatoms. The molecule has 3 aromatic carbocycles. The van der Waals surface area contributed by atoms with E-state index in [0.717, 1.165) is 43.7 Å². The van der Waals surface area contributed by atoms with Crippen LogP contribution in [0.2, 0.25) is 0 Å². The van der Waals surface area contributed by atoms with Gasteiger partial charge in [0.1, 0.15) is 5.82 Å². The minimum Gasteiger partial charge on any atom is -0.454 e. The number of rotatable bonds is 4. The number of nitrogens with zero attached hydrogens (tertiary/aromatic N) is 2. The zero-order valence-corrected chi connectivity index (χ0v) is 17.3. The van der Waals surface area contributed by atoms with Crippen molar-refractivity contribution in [3.63, 3.8) is 0 Å². The summed E-state index contributed by atoms with van der Waals surface area (Å²) in [5.41, 5.74) is 4.21. The van der Waals surface area contributed by atoms with Crippen LogP contribution in [0.5, 0.6) is 11.5 Å². The third kappa shape index (κ3) is 3.23. The number of anilines is 1. The van der Waals surface area contributed by atoms with Gasteiger partial charge in [0.25, 0.3) is 0 Å². The quantitative estimate of drug-likeness (QED) is 0.377. The Morgan fingerprint density at radius 1 is 1.03 bits per heavy atom. The Kier molecular flexibility index (Phi) is 4.43. The van der Waals surface area contributed by atoms with Crippen LogP contribution in [0.15, 0.2) is 71.3 Å². The van der Waals surface area contributed by atoms with E-state index in [1.54, 1.807) is 6.07 Å². The highest BCUT2D eigenvalue weighted by atomic mass is 79.9. The maximum atomic E-state index is 13.7. The van der Waals surface area contributed by atoms with E-state index < -0.39 is 0 Å². The summed E-state index contributed by atoms with van der Waals surface area (Å²) in [6.45, 7) is 2.91. The van der Waals surface area contributed by atoms with Crippen LogP contribution >= 0.6 is 15.9 Å². The van der Waals surface area contributed by atoms with Gasteiger partial charge in [-0.05, 0) is 60.5 Å². The molecule has 0 bridgehead atoms. The summed E-state index contributed by atoms with van der Waals surface area (Å²) < 4.78 is 27.8. The predicted molar refractivity (Wildman–Crippen MR) is 115 cm³/mol. The van der Waals surface area contributed by atoms with Crippen LogP contribution in [-0.4, -0.2) is 11.5 Å². The van der Waals surface area contributed by atoms with E-state index >= 15 is 0 Å². The van der Waals surface area contributed by atoms with E-state index in [1.807, 2.05) is 42.6 Å². The lowest BCUT2D eigenvalue weighted by Gasteiger charge is -2.29. The summed E-state index contributed by atoms with van der Waals surface area (Å²) in [6.07, 6.45) is 1.97. The van der Waals surface area contributed by atoms with E-state index in [2.05, 4.69) is 44.7 Å². The van der Waals surface area contributed by atoms with Crippen LogP contribution in [0.4, 0.5) is 10.1 Å². The van der Waals surface area contributed by atoms with Crippen molar-refractivity contribution in [1.82, 2.24) is 4.68 Å². The smallest absolute Gasteiger partial charge is 0.231 e. The maximum absolute atomic E-state index is 13.7. The Labute approximate surface area is 176 Å². The molecule has 0 atom stereocenters. The highest BCUT2D eigenvalue weighted by Gasteiger charge is 2.20. The van der Waals surface area contributed by atoms with Crippen molar-refractivity contribution < 1.29 is 13.9 Å². The van der Waals surface area contributed by atoms with Crippen molar-refractivity contribution in [3.8, 4) is 11.5 Å². The topological polar surface area (TPSA) is 26.6 Å². The van der Waals surface area contributed by atoms with E-state index in [0.29, 0.717) is 6.54 Å². The summed E-state index contributed by atoms with van der Waals surface area (Å²) in [5, 5.41) is 3.03. The van der Waals surface area contributed by atoms with Gasteiger partial charge in [-0.1, -0.05) is 34.1 Å². The third-order valence-electron chi connectivity index (χ3n) is 5.15. The molecule has 29 heavy (non-hydrogen) atoms. The fourth-order valence-electron chi connectivity index (χ4n) is 3.68. The number of benzene rings is 3. The summed E-state index contributed by atoms with van der Waals surface area (Å²) >= 11 is 3.67. The molecular formula is C23H18BrFN2O2. The van der Waals surface area contributed by atoms with Crippen molar-refractivity contribution >= 4 is 32.5 Å². The van der Waals surface area contributed by atoms with Crippen LogP contribution in [0, 0.1) is 12.7 Å². The van der Waals surface area contributed by atoms with Gasteiger partial charge in [-0.3, -0.25) is 9.69 Å². The molecule has 4 aromatic rings. The van der Waals surface area contributed by atoms with Crippen LogP contribution in [-0.2, 0) is 6.54 Å². The monoisotopic (exact) mass is 452 g/mol. The third-order valence-corrected chi connectivity index (χ3v) is 5.89. The van der Waals surface area contributed by atoms with Gasteiger partial charge in [-0.15, -0.1) is 0 Å². The molecule has 0 aliphatic carbocycles. The summed E-state index contributed by atoms with van der Waals surface area (Å²) in [7, 11) is 0. The molecule has 2 heterocycles. The van der Waals surface area contributed by atoms with Gasteiger partial charge in [0, 0.05) is 16.1 Å². The fraction of sp³-hybridized carbons (Fsp3) is 0.130. The average Bonchev–Trinajstić information content (AvgIpc) is 3.33. The lowest BCUT2D eigenvalue weighted by atomic mass is 10.1. The number of para-hydroxylation sites is 1. The van der Waals surface area contributed by atoms with Crippen LogP contribution in [0.3, 0.4) is 0 Å². The molecule has 4 nitrogen and oxygen atoms in total. The van der Waals surface area contributed by atoms with Gasteiger partial charge in [0.15, 0.2) is 11.5 Å². The molecule has 1 aliphatic heterocycles. The first-order valence-corrected chi connectivity index (χ1v) is 10.1. The number of halogens is 2. The normalized spacial score (nSPS) is 12.5. The molecule has 146 valence electrons. The minimum absolute atomic E-state index is 0.237. The number of hydrogen-bond acceptors (Lipinski definition) is 3. The van der Waals surface area contributed by atoms with Gasteiger partial charge < -0.3 is 9.47 Å². The molecule has 0 unspecified atom stereocenters. The molecule has 5 rings (SSSR count). The van der Waals surface area contributed by atoms with Crippen molar-refractivity contribution in [2.45, 2.75) is 13.5 Å². The Bertz CT molecular complexity index is 1220. The number of ether oxygens (including phenoxy) is 2. The number of fused-ring (bicyclic) bond motifs is 2. The highest BCUT2D eigenvalue weighted by molar-refractivity contribution is 9.10. The first-order chi connectivity index (χ1) is 14.1. The molecule has 0 saturated carbocycles. The standard InChI is InChI=1S/C23H18BrFN2O2/c1-15-4-2-3-5-20(15)27(26-9-8-16-10-18(25)6-7-21(16)26)13-17-11-22-23(12-19(17)24)29-14-28-22/h2-12H,13-14H2,1H3. The zero-order chi connectivity index (χ0) is 20.0. The molecule has 0 saturated heterocycles. The van der Waals surface area contributed by atoms with E-state index in [4.69, 9.17) is 9.47 Å². The van der Waals surface area contributed by atoms with Crippen molar-refractivity contribution in [2.75, 3.05) is 11.8 Å². The van der Waals surface area contributed by atoms with Crippen molar-refractivity contribution in [2.24, 2.45) is 0 Å². The van der Waals surface area contributed by atoms with Gasteiger partial charge in [0.2, 0.25) is 6.79 Å². The lowest BCUT2D eigenvalue weighted by Crippen LogP contribution is -2.29. The SMILES string of the molecule is Cc1ccccc1N(Cc1cc2c(cc1Br)OCO2)n1ccc2cc(F)ccc21. The van der Waals surface area contributed by atoms with E-state index in [-0.39, 0.29) is 12.6 Å². The first-order valence-electron chi connectivity index (χ1n) is 9.28. The molecule has 1 aromatic heterocycles. The molecular weight excluding hydrogens is 435 g/mol. The molecule has 0 amide bonds. The fourth-order valence-corrected chi connectivity index (χ4v) is 4.13. The average molecular weight is 453 g/mol. The highest BCUT2D eigenvalue weighted by Crippen LogP contribution is 2.38. The molecule has 0 fully saturated rings. The van der Waals surface area contributed by atoms with Gasteiger partial charge in [-0.25, -0.2) is 4.39 Å². The predicted octanol–water partition coefficient (Wildman–Crippen LogP) is 6.05. The Balaban J connectivity index is 1.64. The maximum Gasteiger partial charge on any atom is 0.231 e. The Morgan fingerprint density at radius 3 is 2.66 bits per heavy atom. The zero-order valence-electron chi connectivity index (χ0n) is 15.7. The molecule has 0 N–H and O–H groups in total. The second-order valence-electron chi connectivity index (χ2n) is 7.00. The first kappa shape index (κ1) is 18.1. The molecule has 0 spiro atoms. The Morgan fingerprint density at radius 2 is 1.83 bits per heavy atom. The van der Waals surface area contributed by atoms with Crippen molar-refractivity contribution in [1.29, 1.82) is 0 Å². The number of aromatic nitrogens is 1. The van der Waals surface area contributed by atoms with Crippen LogP contribution in [0.1, 0.15) is 11.1 Å². The molecule has 0 radical (unpaired) electrons. The van der Waals surface area contributed by atoms with Crippen LogP contribution < -0.4 is 14.5 Å². The molecule has 1 aliphatic rings. The van der Waals surface area contributed by atoms with Gasteiger partial charge in [0.05, 0.1) is 17.7 Å². The van der Waals surface area contributed by atoms with E-state index in [1.165, 1.54) is 6.07 Å². The van der Waals surface area contributed by atoms with Crippen molar-refractivity contribution in [3.05, 3.63) is 88.3 Å². The van der Waals surface area contributed by atoms with Gasteiger partial charge in [-0.2, -0.15) is 0 Å². The summed E-state index contributed by atoms with van der Waals surface area (Å²) in [6, 6.07) is 19.0. The minimum atomic E-state index is -0.240. The van der Waals surface area contributed by atoms with E-state index in [9.17, 15) is 4.39 Å². The largest absolute Gasteiger partial charge is 0.454 e.